The Kier molecular flexibility index (Phi) is 4.09. The van der Waals surface area contributed by atoms with E-state index in [0.717, 1.165) is 57.2 Å². The van der Waals surface area contributed by atoms with Crippen molar-refractivity contribution in [1.82, 2.24) is 15.5 Å². The molecule has 1 aromatic carbocycles. The number of hydrogen-bond donors (Lipinski definition) is 3. The van der Waals surface area contributed by atoms with Crippen LogP contribution in [-0.4, -0.2) is 49.1 Å². The molecule has 5 nitrogen and oxygen atoms in total. The van der Waals surface area contributed by atoms with Crippen LogP contribution in [0.4, 0.5) is 5.69 Å². The number of para-hydroxylation sites is 1. The Hall–Kier alpha value is -1.43. The predicted molar refractivity (Wildman–Crippen MR) is 91.3 cm³/mol. The van der Waals surface area contributed by atoms with E-state index in [2.05, 4.69) is 26.9 Å². The molecule has 0 radical (unpaired) electrons. The first kappa shape index (κ1) is 15.1. The molecule has 2 saturated heterocycles. The van der Waals surface area contributed by atoms with Gasteiger partial charge < -0.3 is 15.5 Å². The summed E-state index contributed by atoms with van der Waals surface area (Å²) >= 11 is 0. The van der Waals surface area contributed by atoms with Crippen LogP contribution in [0.15, 0.2) is 24.3 Å². The van der Waals surface area contributed by atoms with E-state index in [-0.39, 0.29) is 5.91 Å². The lowest BCUT2D eigenvalue weighted by atomic mass is 9.86. The third-order valence-corrected chi connectivity index (χ3v) is 5.71. The van der Waals surface area contributed by atoms with Gasteiger partial charge in [0.1, 0.15) is 5.54 Å². The lowest BCUT2D eigenvalue weighted by molar-refractivity contribution is -0.124. The summed E-state index contributed by atoms with van der Waals surface area (Å²) in [5.74, 6) is 0.925. The van der Waals surface area contributed by atoms with Crippen molar-refractivity contribution in [3.8, 4) is 0 Å². The van der Waals surface area contributed by atoms with Crippen molar-refractivity contribution in [1.29, 1.82) is 0 Å². The second kappa shape index (κ2) is 6.23. The van der Waals surface area contributed by atoms with Gasteiger partial charge in [0.25, 0.3) is 0 Å². The highest BCUT2D eigenvalue weighted by atomic mass is 16.2. The van der Waals surface area contributed by atoms with Crippen LogP contribution in [0.2, 0.25) is 0 Å². The van der Waals surface area contributed by atoms with Gasteiger partial charge in [0.2, 0.25) is 5.91 Å². The SMILES string of the molecule is O=C1Nc2ccccc2CNC12CCN(CC1CCNC1)CC2. The molecule has 0 aromatic heterocycles. The van der Waals surface area contributed by atoms with Gasteiger partial charge in [0.05, 0.1) is 0 Å². The van der Waals surface area contributed by atoms with Gasteiger partial charge in [-0.2, -0.15) is 0 Å². The molecule has 23 heavy (non-hydrogen) atoms. The Labute approximate surface area is 137 Å². The molecule has 1 amide bonds. The minimum absolute atomic E-state index is 0.143. The predicted octanol–water partition coefficient (Wildman–Crippen LogP) is 1.17. The maximum absolute atomic E-state index is 12.8. The number of nitrogens with zero attached hydrogens (tertiary/aromatic N) is 1. The molecule has 1 spiro atoms. The standard InChI is InChI=1S/C18H26N4O/c23-17-18(20-12-15-3-1-2-4-16(15)21-17)6-9-22(10-7-18)13-14-5-8-19-11-14/h1-4,14,19-20H,5-13H2,(H,21,23). The molecule has 3 aliphatic rings. The Morgan fingerprint density at radius 3 is 2.83 bits per heavy atom. The van der Waals surface area contributed by atoms with E-state index in [4.69, 9.17) is 0 Å². The average molecular weight is 314 g/mol. The quantitative estimate of drug-likeness (QED) is 0.767. The number of benzene rings is 1. The van der Waals surface area contributed by atoms with Gasteiger partial charge in [-0.3, -0.25) is 10.1 Å². The first-order chi connectivity index (χ1) is 11.3. The summed E-state index contributed by atoms with van der Waals surface area (Å²) in [6.07, 6.45) is 3.08. The van der Waals surface area contributed by atoms with Crippen LogP contribution in [0.5, 0.6) is 0 Å². The minimum Gasteiger partial charge on any atom is -0.324 e. The number of fused-ring (bicyclic) bond motifs is 1. The molecule has 1 atom stereocenters. The van der Waals surface area contributed by atoms with Crippen molar-refractivity contribution < 1.29 is 4.79 Å². The summed E-state index contributed by atoms with van der Waals surface area (Å²) in [7, 11) is 0. The zero-order chi connectivity index (χ0) is 15.7. The maximum atomic E-state index is 12.8. The van der Waals surface area contributed by atoms with Crippen LogP contribution in [-0.2, 0) is 11.3 Å². The molecule has 2 fully saturated rings. The fourth-order valence-electron chi connectivity index (χ4n) is 4.14. The zero-order valence-corrected chi connectivity index (χ0v) is 13.6. The summed E-state index contributed by atoms with van der Waals surface area (Å²) in [6, 6.07) is 8.10. The third-order valence-electron chi connectivity index (χ3n) is 5.71. The van der Waals surface area contributed by atoms with Gasteiger partial charge in [0.15, 0.2) is 0 Å². The normalized spacial score (nSPS) is 27.5. The molecule has 0 aliphatic carbocycles. The van der Waals surface area contributed by atoms with Crippen LogP contribution < -0.4 is 16.0 Å². The van der Waals surface area contributed by atoms with Crippen LogP contribution in [0, 0.1) is 5.92 Å². The highest BCUT2D eigenvalue weighted by molar-refractivity contribution is 5.99. The van der Waals surface area contributed by atoms with Crippen molar-refractivity contribution in [3.63, 3.8) is 0 Å². The summed E-state index contributed by atoms with van der Waals surface area (Å²) in [5.41, 5.74) is 1.74. The molecular weight excluding hydrogens is 288 g/mol. The Bertz CT molecular complexity index is 574. The van der Waals surface area contributed by atoms with E-state index >= 15 is 0 Å². The second-order valence-corrected chi connectivity index (χ2v) is 7.21. The molecule has 0 saturated carbocycles. The summed E-state index contributed by atoms with van der Waals surface area (Å²) in [4.78, 5) is 15.3. The fourth-order valence-corrected chi connectivity index (χ4v) is 4.14. The van der Waals surface area contributed by atoms with E-state index in [1.807, 2.05) is 18.2 Å². The molecule has 5 heteroatoms. The first-order valence-electron chi connectivity index (χ1n) is 8.83. The molecular formula is C18H26N4O. The monoisotopic (exact) mass is 314 g/mol. The van der Waals surface area contributed by atoms with Crippen molar-refractivity contribution in [2.24, 2.45) is 5.92 Å². The number of likely N-dealkylation sites (tertiary alicyclic amines) is 1. The smallest absolute Gasteiger partial charge is 0.244 e. The van der Waals surface area contributed by atoms with Crippen molar-refractivity contribution in [2.45, 2.75) is 31.3 Å². The maximum Gasteiger partial charge on any atom is 0.244 e. The van der Waals surface area contributed by atoms with Gasteiger partial charge in [-0.1, -0.05) is 18.2 Å². The molecule has 1 unspecified atom stereocenters. The Balaban J connectivity index is 1.41. The van der Waals surface area contributed by atoms with Gasteiger partial charge in [-0.05, 0) is 49.9 Å². The number of carbonyl (C=O) groups is 1. The molecule has 0 bridgehead atoms. The summed E-state index contributed by atoms with van der Waals surface area (Å²) in [6.45, 7) is 6.26. The molecule has 3 heterocycles. The van der Waals surface area contributed by atoms with Crippen molar-refractivity contribution >= 4 is 11.6 Å². The number of amides is 1. The number of piperidine rings is 1. The van der Waals surface area contributed by atoms with E-state index in [0.29, 0.717) is 0 Å². The summed E-state index contributed by atoms with van der Waals surface area (Å²) < 4.78 is 0. The number of rotatable bonds is 2. The summed E-state index contributed by atoms with van der Waals surface area (Å²) in [5, 5.41) is 10.1. The zero-order valence-electron chi connectivity index (χ0n) is 13.6. The number of hydrogen-bond acceptors (Lipinski definition) is 4. The first-order valence-corrected chi connectivity index (χ1v) is 8.83. The average Bonchev–Trinajstić information content (AvgIpc) is 3.04. The number of nitrogens with one attached hydrogen (secondary N) is 3. The molecule has 4 rings (SSSR count). The highest BCUT2D eigenvalue weighted by Gasteiger charge is 2.42. The van der Waals surface area contributed by atoms with Crippen LogP contribution in [0.3, 0.4) is 0 Å². The third kappa shape index (κ3) is 3.01. The lowest BCUT2D eigenvalue weighted by Gasteiger charge is -2.41. The molecule has 3 N–H and O–H groups in total. The second-order valence-electron chi connectivity index (χ2n) is 7.21. The number of anilines is 1. The minimum atomic E-state index is -0.399. The molecule has 1 aromatic rings. The number of carbonyl (C=O) groups excluding carboxylic acids is 1. The van der Waals surface area contributed by atoms with Crippen molar-refractivity contribution in [3.05, 3.63) is 29.8 Å². The van der Waals surface area contributed by atoms with Gasteiger partial charge in [-0.25, -0.2) is 0 Å². The van der Waals surface area contributed by atoms with Crippen LogP contribution in [0.1, 0.15) is 24.8 Å². The highest BCUT2D eigenvalue weighted by Crippen LogP contribution is 2.29. The fraction of sp³-hybridized carbons (Fsp3) is 0.611. The van der Waals surface area contributed by atoms with Gasteiger partial charge in [0, 0.05) is 31.9 Å². The van der Waals surface area contributed by atoms with Crippen LogP contribution >= 0.6 is 0 Å². The lowest BCUT2D eigenvalue weighted by Crippen LogP contribution is -2.59. The van der Waals surface area contributed by atoms with Crippen molar-refractivity contribution in [2.75, 3.05) is 38.0 Å². The Morgan fingerprint density at radius 2 is 2.04 bits per heavy atom. The van der Waals surface area contributed by atoms with E-state index in [1.165, 1.54) is 18.5 Å². The van der Waals surface area contributed by atoms with E-state index in [1.54, 1.807) is 0 Å². The molecule has 3 aliphatic heterocycles. The topological polar surface area (TPSA) is 56.4 Å². The largest absolute Gasteiger partial charge is 0.324 e. The molecule has 124 valence electrons. The van der Waals surface area contributed by atoms with Gasteiger partial charge >= 0.3 is 0 Å². The van der Waals surface area contributed by atoms with E-state index in [9.17, 15) is 4.79 Å². The van der Waals surface area contributed by atoms with Crippen LogP contribution in [0.25, 0.3) is 0 Å². The Morgan fingerprint density at radius 1 is 1.22 bits per heavy atom. The van der Waals surface area contributed by atoms with Gasteiger partial charge in [-0.15, -0.1) is 0 Å². The van der Waals surface area contributed by atoms with E-state index < -0.39 is 5.54 Å².